The lowest BCUT2D eigenvalue weighted by atomic mass is 9.88. The molecule has 1 saturated heterocycles. The van der Waals surface area contributed by atoms with Crippen molar-refractivity contribution in [3.63, 3.8) is 0 Å². The zero-order chi connectivity index (χ0) is 28.5. The third kappa shape index (κ3) is 7.00. The largest absolute Gasteiger partial charge is 0.481 e. The molecule has 1 unspecified atom stereocenters. The van der Waals surface area contributed by atoms with E-state index in [1.165, 1.54) is 0 Å². The molecule has 0 bridgehead atoms. The van der Waals surface area contributed by atoms with Gasteiger partial charge in [0.15, 0.2) is 11.9 Å². The van der Waals surface area contributed by atoms with E-state index >= 15 is 0 Å². The molecule has 1 fully saturated rings. The average molecular weight is 571 g/mol. The minimum atomic E-state index is -0.966. The van der Waals surface area contributed by atoms with Crippen LogP contribution in [-0.4, -0.2) is 44.9 Å². The average Bonchev–Trinajstić information content (AvgIpc) is 3.46. The number of benzene rings is 2. The van der Waals surface area contributed by atoms with Gasteiger partial charge in [-0.15, -0.1) is 11.8 Å². The maximum Gasteiger partial charge on any atom is 0.309 e. The van der Waals surface area contributed by atoms with Crippen LogP contribution in [-0.2, 0) is 22.6 Å². The molecule has 6 nitrogen and oxygen atoms in total. The Balaban J connectivity index is 1.88. The Morgan fingerprint density at radius 1 is 1.15 bits per heavy atom. The van der Waals surface area contributed by atoms with Crippen LogP contribution in [0.2, 0.25) is 5.02 Å². The number of aromatic nitrogens is 1. The van der Waals surface area contributed by atoms with Crippen molar-refractivity contribution in [2.24, 2.45) is 5.41 Å². The normalized spacial score (nSPS) is 16.9. The second kappa shape index (κ2) is 11.6. The number of carbonyl (C=O) groups is 2. The number of hydrogen-bond donors (Lipinski definition) is 2. The maximum absolute atomic E-state index is 12.5. The number of carbonyl (C=O) groups excluding carboxylic acids is 1. The zero-order valence-electron chi connectivity index (χ0n) is 23.6. The number of hydrogen-bond acceptors (Lipinski definition) is 5. The number of aliphatic carboxylic acids is 1. The highest BCUT2D eigenvalue weighted by Crippen LogP contribution is 2.44. The highest BCUT2D eigenvalue weighted by Gasteiger charge is 2.34. The van der Waals surface area contributed by atoms with E-state index in [1.54, 1.807) is 32.5 Å². The molecule has 39 heavy (non-hydrogen) atoms. The fraction of sp³-hybridized carbons (Fsp3) is 0.484. The van der Waals surface area contributed by atoms with Crippen molar-refractivity contribution in [2.75, 3.05) is 6.54 Å². The fourth-order valence-corrected chi connectivity index (χ4v) is 6.35. The van der Waals surface area contributed by atoms with Gasteiger partial charge in [0.05, 0.1) is 11.5 Å². The SMILES string of the molecule is CC(=O)[C@H](Oc1ccc2c(c1)c(SC(C)(C)C)c(CC(C)(C)C(=O)O)n2Cc1ccc(Cl)cc1)C1CCCN1. The molecule has 2 aromatic carbocycles. The summed E-state index contributed by atoms with van der Waals surface area (Å²) in [6.45, 7) is 13.1. The summed E-state index contributed by atoms with van der Waals surface area (Å²) in [5.74, 6) is -0.197. The summed E-state index contributed by atoms with van der Waals surface area (Å²) in [5.41, 5.74) is 2.08. The number of halogens is 1. The van der Waals surface area contributed by atoms with Crippen molar-refractivity contribution >= 4 is 46.0 Å². The Morgan fingerprint density at radius 2 is 1.85 bits per heavy atom. The van der Waals surface area contributed by atoms with Crippen LogP contribution in [0.4, 0.5) is 0 Å². The van der Waals surface area contributed by atoms with Gasteiger partial charge in [0.1, 0.15) is 5.75 Å². The van der Waals surface area contributed by atoms with Crippen molar-refractivity contribution in [1.29, 1.82) is 0 Å². The van der Waals surface area contributed by atoms with E-state index in [0.717, 1.165) is 46.4 Å². The summed E-state index contributed by atoms with van der Waals surface area (Å²) in [5, 5.41) is 15.1. The first-order valence-electron chi connectivity index (χ1n) is 13.5. The Kier molecular flexibility index (Phi) is 8.74. The number of rotatable bonds is 10. The number of carboxylic acids is 1. The van der Waals surface area contributed by atoms with Crippen LogP contribution in [0.25, 0.3) is 10.9 Å². The Morgan fingerprint density at radius 3 is 2.41 bits per heavy atom. The van der Waals surface area contributed by atoms with Gasteiger partial charge in [-0.1, -0.05) is 44.5 Å². The van der Waals surface area contributed by atoms with Crippen LogP contribution in [0.3, 0.4) is 0 Å². The third-order valence-electron chi connectivity index (χ3n) is 7.07. The van der Waals surface area contributed by atoms with Crippen LogP contribution < -0.4 is 10.1 Å². The fourth-order valence-electron chi connectivity index (χ4n) is 5.04. The van der Waals surface area contributed by atoms with Gasteiger partial charge in [-0.2, -0.15) is 0 Å². The summed E-state index contributed by atoms with van der Waals surface area (Å²) in [6.07, 6.45) is 1.75. The molecule has 0 saturated carbocycles. The molecule has 0 aliphatic carbocycles. The van der Waals surface area contributed by atoms with Gasteiger partial charge in [0.25, 0.3) is 0 Å². The van der Waals surface area contributed by atoms with E-state index < -0.39 is 17.5 Å². The van der Waals surface area contributed by atoms with Crippen LogP contribution >= 0.6 is 23.4 Å². The van der Waals surface area contributed by atoms with E-state index in [4.69, 9.17) is 16.3 Å². The Labute approximate surface area is 240 Å². The Hall–Kier alpha value is -2.48. The Bertz CT molecular complexity index is 1350. The first kappa shape index (κ1) is 29.5. The monoisotopic (exact) mass is 570 g/mol. The number of nitrogens with one attached hydrogen (secondary N) is 1. The number of carboxylic acid groups (broad SMARTS) is 1. The molecule has 0 spiro atoms. The van der Waals surface area contributed by atoms with E-state index in [9.17, 15) is 14.7 Å². The summed E-state index contributed by atoms with van der Waals surface area (Å²) in [7, 11) is 0. The summed E-state index contributed by atoms with van der Waals surface area (Å²) in [6, 6.07) is 13.7. The van der Waals surface area contributed by atoms with E-state index in [2.05, 4.69) is 30.7 Å². The molecule has 0 radical (unpaired) electrons. The van der Waals surface area contributed by atoms with Crippen LogP contribution in [0.5, 0.6) is 5.75 Å². The second-order valence-corrected chi connectivity index (χ2v) is 14.4. The molecule has 2 N–H and O–H groups in total. The third-order valence-corrected chi connectivity index (χ3v) is 8.59. The van der Waals surface area contributed by atoms with Gasteiger partial charge in [-0.05, 0) is 76.1 Å². The lowest BCUT2D eigenvalue weighted by molar-refractivity contribution is -0.146. The first-order chi connectivity index (χ1) is 18.2. The van der Waals surface area contributed by atoms with Crippen molar-refractivity contribution in [3.8, 4) is 5.75 Å². The highest BCUT2D eigenvalue weighted by atomic mass is 35.5. The van der Waals surface area contributed by atoms with E-state index in [1.807, 2.05) is 42.5 Å². The molecular weight excluding hydrogens is 532 g/mol. The zero-order valence-corrected chi connectivity index (χ0v) is 25.2. The molecule has 1 aliphatic heterocycles. The van der Waals surface area contributed by atoms with Crippen LogP contribution in [0.15, 0.2) is 47.4 Å². The lowest BCUT2D eigenvalue weighted by Gasteiger charge is -2.24. The van der Waals surface area contributed by atoms with Gasteiger partial charge < -0.3 is 19.7 Å². The minimum absolute atomic E-state index is 0.00277. The van der Waals surface area contributed by atoms with Crippen molar-refractivity contribution < 1.29 is 19.4 Å². The standard InChI is InChI=1S/C31H39ClN2O4S/c1-19(35)27(24-8-7-15-33-24)38-22-13-14-25-23(16-22)28(39-30(2,3)4)26(17-31(5,6)29(36)37)34(25)18-20-9-11-21(32)12-10-20/h9-14,16,24,27,33H,7-8,15,17-18H2,1-6H3,(H,36,37)/t24?,27-/m0/s1. The molecule has 1 aromatic heterocycles. The molecular formula is C31H39ClN2O4S. The highest BCUT2D eigenvalue weighted by molar-refractivity contribution is 8.00. The molecule has 210 valence electrons. The van der Waals surface area contributed by atoms with Crippen molar-refractivity contribution in [3.05, 3.63) is 58.7 Å². The molecule has 4 rings (SSSR count). The number of ether oxygens (including phenoxy) is 1. The molecule has 2 atom stereocenters. The van der Waals surface area contributed by atoms with Crippen molar-refractivity contribution in [2.45, 2.75) is 89.1 Å². The van der Waals surface area contributed by atoms with E-state index in [-0.39, 0.29) is 16.6 Å². The van der Waals surface area contributed by atoms with Gasteiger partial charge in [-0.25, -0.2) is 0 Å². The number of ketones is 1. The molecule has 3 aromatic rings. The van der Waals surface area contributed by atoms with Gasteiger partial charge in [-0.3, -0.25) is 9.59 Å². The van der Waals surface area contributed by atoms with Gasteiger partial charge >= 0.3 is 5.97 Å². The summed E-state index contributed by atoms with van der Waals surface area (Å²) >= 11 is 7.88. The molecule has 1 aliphatic rings. The molecule has 2 heterocycles. The lowest BCUT2D eigenvalue weighted by Crippen LogP contribution is -2.43. The quantitative estimate of drug-likeness (QED) is 0.256. The predicted octanol–water partition coefficient (Wildman–Crippen LogP) is 6.98. The van der Waals surface area contributed by atoms with Crippen LogP contribution in [0.1, 0.15) is 65.6 Å². The van der Waals surface area contributed by atoms with Gasteiger partial charge in [0, 0.05) is 44.2 Å². The number of Topliss-reactive ketones (excluding diaryl/α,β-unsaturated/α-hetero) is 1. The summed E-state index contributed by atoms with van der Waals surface area (Å²) < 4.78 is 8.44. The van der Waals surface area contributed by atoms with Crippen molar-refractivity contribution in [1.82, 2.24) is 9.88 Å². The second-order valence-electron chi connectivity index (χ2n) is 12.1. The first-order valence-corrected chi connectivity index (χ1v) is 14.7. The maximum atomic E-state index is 12.5. The number of thioether (sulfide) groups is 1. The van der Waals surface area contributed by atoms with Crippen LogP contribution in [0, 0.1) is 5.41 Å². The molecule has 0 amide bonds. The van der Waals surface area contributed by atoms with E-state index in [0.29, 0.717) is 23.7 Å². The smallest absolute Gasteiger partial charge is 0.309 e. The van der Waals surface area contributed by atoms with Gasteiger partial charge in [0.2, 0.25) is 0 Å². The topological polar surface area (TPSA) is 80.6 Å². The number of nitrogens with zero attached hydrogens (tertiary/aromatic N) is 1. The summed E-state index contributed by atoms with van der Waals surface area (Å²) in [4.78, 5) is 25.8. The molecule has 8 heteroatoms. The predicted molar refractivity (Wildman–Crippen MR) is 159 cm³/mol. The number of fused-ring (bicyclic) bond motifs is 1. The minimum Gasteiger partial charge on any atom is -0.481 e.